The maximum atomic E-state index is 12.4. The van der Waals surface area contributed by atoms with Crippen molar-refractivity contribution < 1.29 is 14.3 Å². The number of benzene rings is 2. The van der Waals surface area contributed by atoms with E-state index in [0.29, 0.717) is 12.3 Å². The molecule has 2 aromatic carbocycles. The van der Waals surface area contributed by atoms with Gasteiger partial charge in [0.2, 0.25) is 5.91 Å². The molecule has 2 aromatic rings. The van der Waals surface area contributed by atoms with Gasteiger partial charge in [-0.05, 0) is 38.5 Å². The molecule has 1 aliphatic heterocycles. The summed E-state index contributed by atoms with van der Waals surface area (Å²) in [7, 11) is 0. The lowest BCUT2D eigenvalue weighted by Gasteiger charge is -2.32. The molecule has 2 atom stereocenters. The van der Waals surface area contributed by atoms with Gasteiger partial charge in [-0.15, -0.1) is 0 Å². The van der Waals surface area contributed by atoms with Gasteiger partial charge in [0.15, 0.2) is 6.10 Å². The quantitative estimate of drug-likeness (QED) is 0.897. The van der Waals surface area contributed by atoms with Crippen LogP contribution < -0.4 is 15.0 Å². The molecule has 26 heavy (non-hydrogen) atoms. The van der Waals surface area contributed by atoms with E-state index in [1.807, 2.05) is 62.4 Å². The molecule has 136 valence electrons. The van der Waals surface area contributed by atoms with Crippen LogP contribution in [0.25, 0.3) is 0 Å². The third-order valence-electron chi connectivity index (χ3n) is 4.59. The average Bonchev–Trinajstić information content (AvgIpc) is 2.62. The molecule has 0 saturated heterocycles. The molecule has 1 N–H and O–H groups in total. The molecule has 0 radical (unpaired) electrons. The molecule has 0 aliphatic carbocycles. The average molecular weight is 352 g/mol. The van der Waals surface area contributed by atoms with Crippen molar-refractivity contribution in [3.8, 4) is 5.75 Å². The van der Waals surface area contributed by atoms with Crippen molar-refractivity contribution in [1.82, 2.24) is 5.32 Å². The Morgan fingerprint density at radius 1 is 1.19 bits per heavy atom. The van der Waals surface area contributed by atoms with Gasteiger partial charge in [-0.25, -0.2) is 0 Å². The second-order valence-corrected chi connectivity index (χ2v) is 6.67. The van der Waals surface area contributed by atoms with E-state index in [1.54, 1.807) is 11.8 Å². The van der Waals surface area contributed by atoms with E-state index in [1.165, 1.54) is 5.56 Å². The molecule has 0 bridgehead atoms. The molecule has 5 nitrogen and oxygen atoms in total. The molecule has 2 unspecified atom stereocenters. The molecule has 1 aliphatic rings. The topological polar surface area (TPSA) is 58.6 Å². The molecule has 0 spiro atoms. The monoisotopic (exact) mass is 352 g/mol. The van der Waals surface area contributed by atoms with Crippen molar-refractivity contribution >= 4 is 17.5 Å². The van der Waals surface area contributed by atoms with Gasteiger partial charge >= 0.3 is 0 Å². The van der Waals surface area contributed by atoms with E-state index >= 15 is 0 Å². The van der Waals surface area contributed by atoms with Crippen LogP contribution in [0.5, 0.6) is 5.75 Å². The minimum absolute atomic E-state index is 0.0744. The van der Waals surface area contributed by atoms with Crippen LogP contribution in [0.1, 0.15) is 37.4 Å². The molecule has 3 rings (SSSR count). The highest BCUT2D eigenvalue weighted by atomic mass is 16.5. The number of rotatable bonds is 5. The number of aryl methyl sites for hydroxylation is 1. The number of fused-ring (bicyclic) bond motifs is 1. The Morgan fingerprint density at radius 3 is 2.62 bits per heavy atom. The maximum absolute atomic E-state index is 12.4. The maximum Gasteiger partial charge on any atom is 0.267 e. The molecule has 2 amide bonds. The summed E-state index contributed by atoms with van der Waals surface area (Å²) in [6.45, 7) is 6.05. The Hall–Kier alpha value is -2.82. The Morgan fingerprint density at radius 2 is 1.88 bits per heavy atom. The van der Waals surface area contributed by atoms with Gasteiger partial charge in [0, 0.05) is 13.0 Å². The minimum Gasteiger partial charge on any atom is -0.479 e. The Labute approximate surface area is 154 Å². The number of anilines is 1. The van der Waals surface area contributed by atoms with Gasteiger partial charge < -0.3 is 15.0 Å². The van der Waals surface area contributed by atoms with Crippen molar-refractivity contribution in [3.63, 3.8) is 0 Å². The number of carbonyl (C=O) groups excluding carboxylic acids is 2. The van der Waals surface area contributed by atoms with Gasteiger partial charge in [0.05, 0.1) is 11.7 Å². The number of carbonyl (C=O) groups is 2. The second kappa shape index (κ2) is 7.60. The summed E-state index contributed by atoms with van der Waals surface area (Å²) in [6, 6.07) is 15.4. The summed E-state index contributed by atoms with van der Waals surface area (Å²) in [5.41, 5.74) is 2.96. The fourth-order valence-corrected chi connectivity index (χ4v) is 3.05. The SMILES string of the molecule is Cc1ccc(C(C)NC(=O)CCN2C(=O)C(C)Oc3ccccc32)cc1. The minimum atomic E-state index is -0.542. The molecule has 0 aromatic heterocycles. The molecular weight excluding hydrogens is 328 g/mol. The Balaban J connectivity index is 1.62. The second-order valence-electron chi connectivity index (χ2n) is 6.67. The van der Waals surface area contributed by atoms with Gasteiger partial charge in [0.1, 0.15) is 5.75 Å². The van der Waals surface area contributed by atoms with Gasteiger partial charge in [-0.1, -0.05) is 42.0 Å². The molecule has 5 heteroatoms. The number of nitrogens with zero attached hydrogens (tertiary/aromatic N) is 1. The standard InChI is InChI=1S/C21H24N2O3/c1-14-8-10-17(11-9-14)15(2)22-20(24)12-13-23-18-6-4-5-7-19(18)26-16(3)21(23)25/h4-11,15-16H,12-13H2,1-3H3,(H,22,24). The van der Waals surface area contributed by atoms with Crippen molar-refractivity contribution in [2.75, 3.05) is 11.4 Å². The van der Waals surface area contributed by atoms with Crippen LogP contribution in [0.2, 0.25) is 0 Å². The normalized spacial score (nSPS) is 17.3. The van der Waals surface area contributed by atoms with Gasteiger partial charge in [-0.3, -0.25) is 9.59 Å². The third-order valence-corrected chi connectivity index (χ3v) is 4.59. The first-order valence-corrected chi connectivity index (χ1v) is 8.88. The molecule has 0 saturated carbocycles. The third kappa shape index (κ3) is 3.87. The summed E-state index contributed by atoms with van der Waals surface area (Å²) in [4.78, 5) is 26.4. The predicted octanol–water partition coefficient (Wildman–Crippen LogP) is 3.38. The van der Waals surface area contributed by atoms with E-state index in [-0.39, 0.29) is 24.3 Å². The van der Waals surface area contributed by atoms with Crippen LogP contribution in [0.15, 0.2) is 48.5 Å². The van der Waals surface area contributed by atoms with E-state index in [9.17, 15) is 9.59 Å². The lowest BCUT2D eigenvalue weighted by atomic mass is 10.1. The predicted molar refractivity (Wildman–Crippen MR) is 101 cm³/mol. The largest absolute Gasteiger partial charge is 0.479 e. The first kappa shape index (κ1) is 18.0. The lowest BCUT2D eigenvalue weighted by Crippen LogP contribution is -2.45. The number of ether oxygens (including phenoxy) is 1. The first-order chi connectivity index (χ1) is 12.5. The summed E-state index contributed by atoms with van der Waals surface area (Å²) in [5.74, 6) is 0.471. The summed E-state index contributed by atoms with van der Waals surface area (Å²) in [6.07, 6.45) is -0.303. The Bertz CT molecular complexity index is 801. The van der Waals surface area contributed by atoms with Gasteiger partial charge in [0.25, 0.3) is 5.91 Å². The van der Waals surface area contributed by atoms with Crippen LogP contribution in [-0.4, -0.2) is 24.5 Å². The highest BCUT2D eigenvalue weighted by molar-refractivity contribution is 6.00. The highest BCUT2D eigenvalue weighted by Crippen LogP contribution is 2.33. The fraction of sp³-hybridized carbons (Fsp3) is 0.333. The smallest absolute Gasteiger partial charge is 0.267 e. The van der Waals surface area contributed by atoms with E-state index in [0.717, 1.165) is 11.3 Å². The van der Waals surface area contributed by atoms with Crippen molar-refractivity contribution in [3.05, 3.63) is 59.7 Å². The zero-order valence-electron chi connectivity index (χ0n) is 15.4. The zero-order chi connectivity index (χ0) is 18.7. The lowest BCUT2D eigenvalue weighted by molar-refractivity contribution is -0.125. The number of hydrogen-bond acceptors (Lipinski definition) is 3. The summed E-state index contributed by atoms with van der Waals surface area (Å²) < 4.78 is 5.62. The van der Waals surface area contributed by atoms with Crippen molar-refractivity contribution in [2.45, 2.75) is 39.3 Å². The molecule has 1 heterocycles. The molecule has 0 fully saturated rings. The summed E-state index contributed by atoms with van der Waals surface area (Å²) >= 11 is 0. The van der Waals surface area contributed by atoms with E-state index in [2.05, 4.69) is 5.32 Å². The Kier molecular flexibility index (Phi) is 5.26. The fourth-order valence-electron chi connectivity index (χ4n) is 3.05. The van der Waals surface area contributed by atoms with E-state index in [4.69, 9.17) is 4.74 Å². The van der Waals surface area contributed by atoms with Crippen molar-refractivity contribution in [2.24, 2.45) is 0 Å². The van der Waals surface area contributed by atoms with Crippen LogP contribution in [0.4, 0.5) is 5.69 Å². The number of nitrogens with one attached hydrogen (secondary N) is 1. The number of amides is 2. The van der Waals surface area contributed by atoms with Crippen LogP contribution in [0, 0.1) is 6.92 Å². The zero-order valence-corrected chi connectivity index (χ0v) is 15.4. The first-order valence-electron chi connectivity index (χ1n) is 8.88. The number of para-hydroxylation sites is 2. The van der Waals surface area contributed by atoms with Crippen LogP contribution in [0.3, 0.4) is 0 Å². The van der Waals surface area contributed by atoms with E-state index < -0.39 is 6.10 Å². The summed E-state index contributed by atoms with van der Waals surface area (Å²) in [5, 5.41) is 3.00. The highest BCUT2D eigenvalue weighted by Gasteiger charge is 2.31. The van der Waals surface area contributed by atoms with Crippen molar-refractivity contribution in [1.29, 1.82) is 0 Å². The van der Waals surface area contributed by atoms with Gasteiger partial charge in [-0.2, -0.15) is 0 Å². The van der Waals surface area contributed by atoms with Crippen LogP contribution in [-0.2, 0) is 9.59 Å². The molecular formula is C21H24N2O3. The van der Waals surface area contributed by atoms with Crippen LogP contribution >= 0.6 is 0 Å². The number of hydrogen-bond donors (Lipinski definition) is 1.